The number of rotatable bonds is 15. The van der Waals surface area contributed by atoms with Gasteiger partial charge < -0.3 is 29.5 Å². The molecule has 0 aromatic rings. The standard InChI is InChI=1S/C16H30O4.C12H24O3.C8H18O2/c1-10(2)13(20-15(18)12(5)6)16(7,8)9-19-14(17)11(3)4;1-8(2)10(13)12(5,6)7-15-11(14)9(3)4;1-6(2)7(10)8(3,4)5-9/h10-13H,9H2,1-8H3;8-10,13H,7H2,1-6H3;6-7,9-10H,5H2,1-4H3. The minimum atomic E-state index is -0.461. The highest BCUT2D eigenvalue weighted by molar-refractivity contribution is 5.72. The van der Waals surface area contributed by atoms with Gasteiger partial charge in [-0.3, -0.25) is 14.4 Å². The Morgan fingerprint density at radius 2 is 0.822 bits per heavy atom. The molecule has 0 radical (unpaired) electrons. The summed E-state index contributed by atoms with van der Waals surface area (Å²) in [5, 5.41) is 28.3. The van der Waals surface area contributed by atoms with Crippen LogP contribution in [0.4, 0.5) is 0 Å². The van der Waals surface area contributed by atoms with Crippen LogP contribution in [0.15, 0.2) is 0 Å². The maximum Gasteiger partial charge on any atom is 0.308 e. The van der Waals surface area contributed by atoms with E-state index < -0.39 is 23.0 Å². The predicted octanol–water partition coefficient (Wildman–Crippen LogP) is 6.69. The second-order valence-electron chi connectivity index (χ2n) is 16.3. The van der Waals surface area contributed by atoms with E-state index >= 15 is 0 Å². The van der Waals surface area contributed by atoms with Crippen molar-refractivity contribution in [3.8, 4) is 0 Å². The number of aliphatic hydroxyl groups excluding tert-OH is 3. The molecule has 3 unspecified atom stereocenters. The molecule has 3 N–H and O–H groups in total. The summed E-state index contributed by atoms with van der Waals surface area (Å²) in [6.07, 6.45) is -1.16. The van der Waals surface area contributed by atoms with Crippen molar-refractivity contribution in [1.82, 2.24) is 0 Å². The van der Waals surface area contributed by atoms with Gasteiger partial charge in [0.15, 0.2) is 0 Å². The number of aliphatic hydroxyl groups is 3. The molecule has 0 aliphatic carbocycles. The Balaban J connectivity index is -0.000000623. The van der Waals surface area contributed by atoms with E-state index in [1.54, 1.807) is 27.7 Å². The Bertz CT molecular complexity index is 839. The summed E-state index contributed by atoms with van der Waals surface area (Å²) in [5.41, 5.74) is -1.17. The van der Waals surface area contributed by atoms with Crippen LogP contribution in [-0.4, -0.2) is 71.4 Å². The Kier molecular flexibility index (Phi) is 22.5. The molecule has 0 fully saturated rings. The average Bonchev–Trinajstić information content (AvgIpc) is 2.92. The molecule has 0 aliphatic heterocycles. The SMILES string of the molecule is CC(C)C(=O)OCC(C)(C)C(O)C(C)C.CC(C)C(=O)OCC(C)(C)C(OC(=O)C(C)C)C(C)C.CC(C)C(O)C(C)(C)CO. The first-order valence-electron chi connectivity index (χ1n) is 16.6. The van der Waals surface area contributed by atoms with Gasteiger partial charge >= 0.3 is 17.9 Å². The van der Waals surface area contributed by atoms with E-state index in [1.165, 1.54) is 0 Å². The largest absolute Gasteiger partial charge is 0.465 e. The van der Waals surface area contributed by atoms with Crippen LogP contribution in [0.25, 0.3) is 0 Å². The first kappa shape index (κ1) is 47.7. The van der Waals surface area contributed by atoms with Crippen LogP contribution >= 0.6 is 0 Å². The first-order chi connectivity index (χ1) is 20.1. The molecule has 0 aliphatic rings. The Morgan fingerprint density at radius 3 is 1.07 bits per heavy atom. The molecule has 0 aromatic carbocycles. The lowest BCUT2D eigenvalue weighted by atomic mass is 9.81. The zero-order chi connectivity index (χ0) is 36.7. The van der Waals surface area contributed by atoms with Crippen LogP contribution in [0.5, 0.6) is 0 Å². The predicted molar refractivity (Wildman–Crippen MR) is 181 cm³/mol. The lowest BCUT2D eigenvalue weighted by Gasteiger charge is -2.36. The fourth-order valence-corrected chi connectivity index (χ4v) is 4.37. The third kappa shape index (κ3) is 19.5. The zero-order valence-corrected chi connectivity index (χ0v) is 32.1. The minimum absolute atomic E-state index is 0.0341. The number of carbonyl (C=O) groups is 3. The first-order valence-corrected chi connectivity index (χ1v) is 16.6. The normalized spacial score (nSPS) is 14.5. The van der Waals surface area contributed by atoms with Crippen molar-refractivity contribution < 1.29 is 43.9 Å². The quantitative estimate of drug-likeness (QED) is 0.131. The van der Waals surface area contributed by atoms with Gasteiger partial charge in [0.25, 0.3) is 0 Å². The fraction of sp³-hybridized carbons (Fsp3) is 0.917. The van der Waals surface area contributed by atoms with E-state index in [9.17, 15) is 24.6 Å². The summed E-state index contributed by atoms with van der Waals surface area (Å²) in [7, 11) is 0. The lowest BCUT2D eigenvalue weighted by molar-refractivity contribution is -0.169. The summed E-state index contributed by atoms with van der Waals surface area (Å²) >= 11 is 0. The van der Waals surface area contributed by atoms with Gasteiger partial charge in [-0.25, -0.2) is 0 Å². The van der Waals surface area contributed by atoms with E-state index in [4.69, 9.17) is 19.3 Å². The molecule has 0 aromatic heterocycles. The highest BCUT2D eigenvalue weighted by Crippen LogP contribution is 2.31. The molecule has 0 rings (SSSR count). The summed E-state index contributed by atoms with van der Waals surface area (Å²) in [6.45, 7) is 34.6. The van der Waals surface area contributed by atoms with Gasteiger partial charge in [0, 0.05) is 16.2 Å². The van der Waals surface area contributed by atoms with Crippen molar-refractivity contribution >= 4 is 17.9 Å². The molecule has 0 bridgehead atoms. The van der Waals surface area contributed by atoms with Gasteiger partial charge in [-0.2, -0.15) is 0 Å². The fourth-order valence-electron chi connectivity index (χ4n) is 4.37. The molecule has 3 atom stereocenters. The van der Waals surface area contributed by atoms with E-state index in [0.717, 1.165) is 0 Å². The molecule has 0 saturated heterocycles. The summed E-state index contributed by atoms with van der Waals surface area (Å²) in [4.78, 5) is 34.7. The number of esters is 3. The number of hydrogen-bond acceptors (Lipinski definition) is 9. The molecule has 0 spiro atoms. The topological polar surface area (TPSA) is 140 Å². The van der Waals surface area contributed by atoms with Gasteiger partial charge in [-0.1, -0.05) is 125 Å². The van der Waals surface area contributed by atoms with Crippen LogP contribution in [0, 0.1) is 51.8 Å². The Hall–Kier alpha value is -1.71. The second kappa shape index (κ2) is 21.2. The van der Waals surface area contributed by atoms with Gasteiger partial charge in [0.05, 0.1) is 49.8 Å². The van der Waals surface area contributed by atoms with Gasteiger partial charge in [-0.05, 0) is 17.8 Å². The van der Waals surface area contributed by atoms with Crippen molar-refractivity contribution in [3.63, 3.8) is 0 Å². The van der Waals surface area contributed by atoms with E-state index in [0.29, 0.717) is 0 Å². The minimum Gasteiger partial charge on any atom is -0.465 e. The van der Waals surface area contributed by atoms with Crippen LogP contribution < -0.4 is 0 Å². The maximum absolute atomic E-state index is 11.8. The van der Waals surface area contributed by atoms with E-state index in [-0.39, 0.29) is 84.8 Å². The number of hydrogen-bond donors (Lipinski definition) is 3. The molecule has 45 heavy (non-hydrogen) atoms. The third-order valence-electron chi connectivity index (χ3n) is 7.48. The number of ether oxygens (including phenoxy) is 3. The van der Waals surface area contributed by atoms with E-state index in [1.807, 2.05) is 96.9 Å². The van der Waals surface area contributed by atoms with Crippen LogP contribution in [0.2, 0.25) is 0 Å². The molecular weight excluding hydrogens is 576 g/mol. The molecule has 270 valence electrons. The average molecular weight is 649 g/mol. The van der Waals surface area contributed by atoms with Gasteiger partial charge in [0.2, 0.25) is 0 Å². The Labute approximate surface area is 276 Å². The molecule has 9 heteroatoms. The van der Waals surface area contributed by atoms with E-state index in [2.05, 4.69) is 0 Å². The highest BCUT2D eigenvalue weighted by atomic mass is 16.6. The summed E-state index contributed by atoms with van der Waals surface area (Å²) in [5.74, 6) is -0.545. The van der Waals surface area contributed by atoms with Crippen LogP contribution in [0.3, 0.4) is 0 Å². The summed E-state index contributed by atoms with van der Waals surface area (Å²) < 4.78 is 16.1. The zero-order valence-electron chi connectivity index (χ0n) is 32.1. The lowest BCUT2D eigenvalue weighted by Crippen LogP contribution is -2.42. The molecule has 0 saturated carbocycles. The molecule has 0 heterocycles. The number of carbonyl (C=O) groups excluding carboxylic acids is 3. The Morgan fingerprint density at radius 1 is 0.511 bits per heavy atom. The van der Waals surface area contributed by atoms with Crippen LogP contribution in [-0.2, 0) is 28.6 Å². The van der Waals surface area contributed by atoms with Gasteiger partial charge in [0.1, 0.15) is 6.10 Å². The highest BCUT2D eigenvalue weighted by Gasteiger charge is 2.37. The maximum atomic E-state index is 11.8. The van der Waals surface area contributed by atoms with Gasteiger partial charge in [-0.15, -0.1) is 0 Å². The van der Waals surface area contributed by atoms with Crippen molar-refractivity contribution in [2.24, 2.45) is 51.8 Å². The van der Waals surface area contributed by atoms with Crippen LogP contribution in [0.1, 0.15) is 125 Å². The third-order valence-corrected chi connectivity index (χ3v) is 7.48. The van der Waals surface area contributed by atoms with Crippen molar-refractivity contribution in [2.45, 2.75) is 143 Å². The van der Waals surface area contributed by atoms with Crippen molar-refractivity contribution in [3.05, 3.63) is 0 Å². The second-order valence-corrected chi connectivity index (χ2v) is 16.3. The van der Waals surface area contributed by atoms with Crippen molar-refractivity contribution in [1.29, 1.82) is 0 Å². The molecule has 9 nitrogen and oxygen atoms in total. The molecular formula is C36H72O9. The summed E-state index contributed by atoms with van der Waals surface area (Å²) in [6, 6.07) is 0. The molecule has 0 amide bonds. The van der Waals surface area contributed by atoms with Crippen molar-refractivity contribution in [2.75, 3.05) is 19.8 Å². The smallest absolute Gasteiger partial charge is 0.308 e. The monoisotopic (exact) mass is 649 g/mol.